The van der Waals surface area contributed by atoms with Crippen LogP contribution in [0.3, 0.4) is 0 Å². The fraction of sp³-hybridized carbons (Fsp3) is 0.450. The first-order valence-corrected chi connectivity index (χ1v) is 10.2. The zero-order valence-corrected chi connectivity index (χ0v) is 17.6. The number of rotatable bonds is 10. The van der Waals surface area contributed by atoms with Crippen LogP contribution in [-0.4, -0.2) is 43.1 Å². The van der Waals surface area contributed by atoms with E-state index in [9.17, 15) is 4.79 Å². The quantitative estimate of drug-likeness (QED) is 0.416. The summed E-state index contributed by atoms with van der Waals surface area (Å²) in [4.78, 5) is 21.2. The standard InChI is InChI=1S/C20H29N5O2S/c1-4-22-20(24-12-10-19-25-14(2)15(3)28-19)23-11-9-16-5-7-17(8-6-16)27-13-18(21)26/h5-8H,4,9-13H2,1-3H3,(H2,21,26)(H2,22,23,24). The third kappa shape index (κ3) is 7.56. The number of nitrogens with zero attached hydrogens (tertiary/aromatic N) is 2. The second-order valence-corrected chi connectivity index (χ2v) is 7.62. The van der Waals surface area contributed by atoms with E-state index in [1.807, 2.05) is 31.2 Å². The Morgan fingerprint density at radius 3 is 2.57 bits per heavy atom. The van der Waals surface area contributed by atoms with Crippen molar-refractivity contribution in [3.63, 3.8) is 0 Å². The van der Waals surface area contributed by atoms with Gasteiger partial charge >= 0.3 is 0 Å². The zero-order chi connectivity index (χ0) is 20.4. The number of carbonyl (C=O) groups is 1. The molecule has 0 atom stereocenters. The second-order valence-electron chi connectivity index (χ2n) is 6.34. The zero-order valence-electron chi connectivity index (χ0n) is 16.7. The van der Waals surface area contributed by atoms with Gasteiger partial charge < -0.3 is 21.1 Å². The number of aryl methyl sites for hydroxylation is 2. The van der Waals surface area contributed by atoms with Gasteiger partial charge in [-0.3, -0.25) is 9.79 Å². The van der Waals surface area contributed by atoms with Gasteiger partial charge in [-0.05, 0) is 44.9 Å². The molecular weight excluding hydrogens is 374 g/mol. The number of nitrogens with two attached hydrogens (primary N) is 1. The molecule has 0 aliphatic carbocycles. The molecule has 2 rings (SSSR count). The van der Waals surface area contributed by atoms with Crippen LogP contribution in [-0.2, 0) is 17.6 Å². The Balaban J connectivity index is 1.77. The highest BCUT2D eigenvalue weighted by molar-refractivity contribution is 7.11. The van der Waals surface area contributed by atoms with Crippen molar-refractivity contribution in [2.45, 2.75) is 33.6 Å². The Bertz CT molecular complexity index is 767. The number of aliphatic imine (C=N–C) groups is 1. The number of primary amides is 1. The fourth-order valence-corrected chi connectivity index (χ4v) is 3.41. The van der Waals surface area contributed by atoms with Crippen LogP contribution in [0.1, 0.15) is 28.1 Å². The molecule has 1 aromatic carbocycles. The number of benzene rings is 1. The van der Waals surface area contributed by atoms with Crippen molar-refractivity contribution in [3.8, 4) is 5.75 Å². The van der Waals surface area contributed by atoms with Gasteiger partial charge in [0.05, 0.1) is 10.7 Å². The molecule has 152 valence electrons. The third-order valence-corrected chi connectivity index (χ3v) is 5.16. The molecule has 8 heteroatoms. The Hall–Kier alpha value is -2.61. The summed E-state index contributed by atoms with van der Waals surface area (Å²) in [6, 6.07) is 7.65. The normalized spacial score (nSPS) is 11.3. The van der Waals surface area contributed by atoms with Crippen LogP contribution in [0.25, 0.3) is 0 Å². The molecule has 1 aromatic heterocycles. The molecule has 1 heterocycles. The summed E-state index contributed by atoms with van der Waals surface area (Å²) < 4.78 is 5.26. The molecular formula is C20H29N5O2S. The van der Waals surface area contributed by atoms with Gasteiger partial charge in [-0.25, -0.2) is 4.98 Å². The molecule has 0 aliphatic rings. The first kappa shape index (κ1) is 21.7. The van der Waals surface area contributed by atoms with Gasteiger partial charge in [-0.1, -0.05) is 12.1 Å². The summed E-state index contributed by atoms with van der Waals surface area (Å²) in [5.41, 5.74) is 7.35. The van der Waals surface area contributed by atoms with E-state index in [0.717, 1.165) is 42.6 Å². The number of guanidine groups is 1. The van der Waals surface area contributed by atoms with Gasteiger partial charge in [0.25, 0.3) is 5.91 Å². The summed E-state index contributed by atoms with van der Waals surface area (Å²) in [5, 5.41) is 7.76. The highest BCUT2D eigenvalue weighted by Crippen LogP contribution is 2.16. The number of carbonyl (C=O) groups excluding carboxylic acids is 1. The van der Waals surface area contributed by atoms with Crippen LogP contribution in [0.2, 0.25) is 0 Å². The van der Waals surface area contributed by atoms with Crippen LogP contribution in [0.5, 0.6) is 5.75 Å². The number of thiazole rings is 1. The lowest BCUT2D eigenvalue weighted by atomic mass is 10.1. The van der Waals surface area contributed by atoms with Gasteiger partial charge in [0.15, 0.2) is 12.6 Å². The lowest BCUT2D eigenvalue weighted by Gasteiger charge is -2.11. The number of nitrogens with one attached hydrogen (secondary N) is 2. The molecule has 4 N–H and O–H groups in total. The predicted octanol–water partition coefficient (Wildman–Crippen LogP) is 1.96. The summed E-state index contributed by atoms with van der Waals surface area (Å²) in [7, 11) is 0. The topological polar surface area (TPSA) is 102 Å². The molecule has 0 saturated heterocycles. The Morgan fingerprint density at radius 2 is 1.96 bits per heavy atom. The van der Waals surface area contributed by atoms with E-state index >= 15 is 0 Å². The van der Waals surface area contributed by atoms with E-state index in [1.54, 1.807) is 11.3 Å². The number of amides is 1. The Kier molecular flexibility index (Phi) is 8.74. The number of aromatic nitrogens is 1. The van der Waals surface area contributed by atoms with Crippen molar-refractivity contribution in [2.75, 3.05) is 26.2 Å². The van der Waals surface area contributed by atoms with Crippen molar-refractivity contribution in [1.82, 2.24) is 15.6 Å². The van der Waals surface area contributed by atoms with Crippen molar-refractivity contribution in [2.24, 2.45) is 10.7 Å². The number of ether oxygens (including phenoxy) is 1. The van der Waals surface area contributed by atoms with E-state index in [4.69, 9.17) is 10.5 Å². The molecule has 0 saturated carbocycles. The molecule has 28 heavy (non-hydrogen) atoms. The molecule has 0 spiro atoms. The van der Waals surface area contributed by atoms with Crippen molar-refractivity contribution >= 4 is 23.2 Å². The largest absolute Gasteiger partial charge is 0.484 e. The highest BCUT2D eigenvalue weighted by Gasteiger charge is 2.04. The summed E-state index contributed by atoms with van der Waals surface area (Å²) in [6.07, 6.45) is 1.70. The highest BCUT2D eigenvalue weighted by atomic mass is 32.1. The molecule has 0 fully saturated rings. The molecule has 0 bridgehead atoms. The van der Waals surface area contributed by atoms with Crippen LogP contribution in [0, 0.1) is 13.8 Å². The average molecular weight is 404 g/mol. The van der Waals surface area contributed by atoms with Crippen LogP contribution < -0.4 is 21.1 Å². The first-order valence-electron chi connectivity index (χ1n) is 9.43. The van der Waals surface area contributed by atoms with Crippen LogP contribution in [0.4, 0.5) is 0 Å². The maximum Gasteiger partial charge on any atom is 0.255 e. The molecule has 7 nitrogen and oxygen atoms in total. The molecule has 2 aromatic rings. The lowest BCUT2D eigenvalue weighted by Crippen LogP contribution is -2.38. The number of hydrogen-bond donors (Lipinski definition) is 3. The monoisotopic (exact) mass is 403 g/mol. The molecule has 1 amide bonds. The van der Waals surface area contributed by atoms with Crippen molar-refractivity contribution < 1.29 is 9.53 Å². The maximum absolute atomic E-state index is 10.7. The lowest BCUT2D eigenvalue weighted by molar-refractivity contribution is -0.119. The predicted molar refractivity (Wildman–Crippen MR) is 114 cm³/mol. The minimum Gasteiger partial charge on any atom is -0.484 e. The van der Waals surface area contributed by atoms with E-state index in [-0.39, 0.29) is 6.61 Å². The molecule has 0 aliphatic heterocycles. The van der Waals surface area contributed by atoms with Gasteiger partial charge in [0.2, 0.25) is 0 Å². The van der Waals surface area contributed by atoms with Crippen LogP contribution >= 0.6 is 11.3 Å². The van der Waals surface area contributed by atoms with Gasteiger partial charge in [-0.2, -0.15) is 0 Å². The summed E-state index contributed by atoms with van der Waals surface area (Å²) in [6.45, 7) is 8.37. The van der Waals surface area contributed by atoms with E-state index in [2.05, 4.69) is 34.5 Å². The molecule has 0 radical (unpaired) electrons. The van der Waals surface area contributed by atoms with Crippen LogP contribution in [0.15, 0.2) is 29.3 Å². The number of hydrogen-bond acceptors (Lipinski definition) is 5. The van der Waals surface area contributed by atoms with Gasteiger partial charge in [-0.15, -0.1) is 11.3 Å². The Morgan fingerprint density at radius 1 is 1.21 bits per heavy atom. The van der Waals surface area contributed by atoms with Gasteiger partial charge in [0.1, 0.15) is 5.75 Å². The van der Waals surface area contributed by atoms with Crippen molar-refractivity contribution in [3.05, 3.63) is 45.4 Å². The average Bonchev–Trinajstić information content (AvgIpc) is 2.98. The van der Waals surface area contributed by atoms with Crippen molar-refractivity contribution in [1.29, 1.82) is 0 Å². The second kappa shape index (κ2) is 11.3. The SMILES string of the molecule is CCNC(=NCCc1nc(C)c(C)s1)NCCc1ccc(OCC(N)=O)cc1. The first-order chi connectivity index (χ1) is 13.5. The van der Waals surface area contributed by atoms with E-state index in [0.29, 0.717) is 12.3 Å². The fourth-order valence-electron chi connectivity index (χ4n) is 2.48. The third-order valence-electron chi connectivity index (χ3n) is 4.02. The molecule has 0 unspecified atom stereocenters. The van der Waals surface area contributed by atoms with Gasteiger partial charge in [0, 0.05) is 30.9 Å². The minimum atomic E-state index is -0.483. The Labute approximate surface area is 170 Å². The van der Waals surface area contributed by atoms with E-state index < -0.39 is 5.91 Å². The summed E-state index contributed by atoms with van der Waals surface area (Å²) in [5.74, 6) is 0.968. The van der Waals surface area contributed by atoms with E-state index in [1.165, 1.54) is 10.4 Å². The smallest absolute Gasteiger partial charge is 0.255 e. The minimum absolute atomic E-state index is 0.108. The maximum atomic E-state index is 10.7. The summed E-state index contributed by atoms with van der Waals surface area (Å²) >= 11 is 1.74.